The zero-order valence-corrected chi connectivity index (χ0v) is 11.7. The summed E-state index contributed by atoms with van der Waals surface area (Å²) in [5.74, 6) is -0.135. The highest BCUT2D eigenvalue weighted by Crippen LogP contribution is 2.13. The van der Waals surface area contributed by atoms with Crippen LogP contribution in [0.25, 0.3) is 0 Å². The van der Waals surface area contributed by atoms with Gasteiger partial charge >= 0.3 is 6.09 Å². The van der Waals surface area contributed by atoms with Gasteiger partial charge in [-0.05, 0) is 52.0 Å². The molecule has 1 aromatic rings. The Bertz CT molecular complexity index is 459. The quantitative estimate of drug-likeness (QED) is 0.822. The van der Waals surface area contributed by atoms with E-state index in [1.54, 1.807) is 52.0 Å². The number of ketones is 1. The fraction of sp³-hybridized carbons (Fsp3) is 0.429. The minimum absolute atomic E-state index is 0.135. The van der Waals surface area contributed by atoms with Crippen LogP contribution in [-0.2, 0) is 4.74 Å². The van der Waals surface area contributed by atoms with E-state index < -0.39 is 17.7 Å². The normalized spacial score (nSPS) is 12.7. The van der Waals surface area contributed by atoms with Gasteiger partial charge in [-0.3, -0.25) is 10.1 Å². The van der Waals surface area contributed by atoms with Crippen molar-refractivity contribution in [3.63, 3.8) is 0 Å². The standard InChI is InChI=1S/C14H20N2O3/c1-9(15)12(17)10-5-7-11(8-6-10)16-13(18)19-14(2,3)4/h5-9H,15H2,1-4H3,(H,16,18). The van der Waals surface area contributed by atoms with Gasteiger partial charge in [0.05, 0.1) is 6.04 Å². The number of benzene rings is 1. The van der Waals surface area contributed by atoms with Crippen molar-refractivity contribution in [2.45, 2.75) is 39.3 Å². The van der Waals surface area contributed by atoms with Gasteiger partial charge in [0.15, 0.2) is 5.78 Å². The van der Waals surface area contributed by atoms with Gasteiger partial charge in [-0.15, -0.1) is 0 Å². The molecule has 0 heterocycles. The van der Waals surface area contributed by atoms with E-state index in [9.17, 15) is 9.59 Å². The van der Waals surface area contributed by atoms with Crippen molar-refractivity contribution < 1.29 is 14.3 Å². The van der Waals surface area contributed by atoms with E-state index in [2.05, 4.69) is 5.32 Å². The molecule has 3 N–H and O–H groups in total. The van der Waals surface area contributed by atoms with Crippen LogP contribution in [0.15, 0.2) is 24.3 Å². The predicted octanol–water partition coefficient (Wildman–Crippen LogP) is 2.56. The summed E-state index contributed by atoms with van der Waals surface area (Å²) < 4.78 is 5.12. The molecule has 5 heteroatoms. The molecule has 1 aromatic carbocycles. The van der Waals surface area contributed by atoms with Gasteiger partial charge in [-0.25, -0.2) is 4.79 Å². The lowest BCUT2D eigenvalue weighted by Gasteiger charge is -2.19. The Kier molecular flexibility index (Phi) is 4.67. The molecule has 0 saturated carbocycles. The van der Waals surface area contributed by atoms with Crippen LogP contribution in [0.5, 0.6) is 0 Å². The van der Waals surface area contributed by atoms with Gasteiger partial charge < -0.3 is 10.5 Å². The SMILES string of the molecule is CC(N)C(=O)c1ccc(NC(=O)OC(C)(C)C)cc1. The van der Waals surface area contributed by atoms with Crippen molar-refractivity contribution in [2.75, 3.05) is 5.32 Å². The average Bonchev–Trinajstić information content (AvgIpc) is 2.26. The van der Waals surface area contributed by atoms with E-state index in [0.717, 1.165) is 0 Å². The van der Waals surface area contributed by atoms with E-state index in [4.69, 9.17) is 10.5 Å². The highest BCUT2D eigenvalue weighted by molar-refractivity contribution is 6.00. The van der Waals surface area contributed by atoms with E-state index >= 15 is 0 Å². The predicted molar refractivity (Wildman–Crippen MR) is 74.3 cm³/mol. The maximum Gasteiger partial charge on any atom is 0.412 e. The Hall–Kier alpha value is -1.88. The van der Waals surface area contributed by atoms with Gasteiger partial charge in [0.25, 0.3) is 0 Å². The van der Waals surface area contributed by atoms with Gasteiger partial charge in [-0.2, -0.15) is 0 Å². The topological polar surface area (TPSA) is 81.4 Å². The Morgan fingerprint density at radius 2 is 1.74 bits per heavy atom. The van der Waals surface area contributed by atoms with Crippen molar-refractivity contribution in [3.8, 4) is 0 Å². The number of carbonyl (C=O) groups is 2. The molecule has 1 unspecified atom stereocenters. The van der Waals surface area contributed by atoms with Crippen molar-refractivity contribution in [1.29, 1.82) is 0 Å². The summed E-state index contributed by atoms with van der Waals surface area (Å²) in [5, 5.41) is 2.59. The lowest BCUT2D eigenvalue weighted by molar-refractivity contribution is 0.0636. The summed E-state index contributed by atoms with van der Waals surface area (Å²) in [6, 6.07) is 5.99. The van der Waals surface area contributed by atoms with E-state index in [-0.39, 0.29) is 5.78 Å². The number of nitrogens with two attached hydrogens (primary N) is 1. The molecule has 0 bridgehead atoms. The van der Waals surface area contributed by atoms with Crippen molar-refractivity contribution in [3.05, 3.63) is 29.8 Å². The number of rotatable bonds is 3. The molecule has 0 aliphatic rings. The van der Waals surface area contributed by atoms with Gasteiger partial charge in [0, 0.05) is 11.3 Å². The minimum Gasteiger partial charge on any atom is -0.444 e. The molecule has 1 atom stereocenters. The summed E-state index contributed by atoms with van der Waals surface area (Å²) in [6.07, 6.45) is -0.529. The molecule has 19 heavy (non-hydrogen) atoms. The summed E-state index contributed by atoms with van der Waals surface area (Å²) in [5.41, 5.74) is 6.05. The first-order chi connectivity index (χ1) is 8.69. The first-order valence-corrected chi connectivity index (χ1v) is 6.09. The van der Waals surface area contributed by atoms with Crippen LogP contribution in [0.3, 0.4) is 0 Å². The lowest BCUT2D eigenvalue weighted by atomic mass is 10.1. The van der Waals surface area contributed by atoms with Crippen molar-refractivity contribution in [2.24, 2.45) is 5.73 Å². The average molecular weight is 264 g/mol. The number of amides is 1. The molecule has 0 radical (unpaired) electrons. The highest BCUT2D eigenvalue weighted by Gasteiger charge is 2.16. The molecule has 5 nitrogen and oxygen atoms in total. The number of ether oxygens (including phenoxy) is 1. The van der Waals surface area contributed by atoms with E-state index in [0.29, 0.717) is 11.3 Å². The largest absolute Gasteiger partial charge is 0.444 e. The van der Waals surface area contributed by atoms with Gasteiger partial charge in [-0.1, -0.05) is 0 Å². The number of Topliss-reactive ketones (excluding diaryl/α,β-unsaturated/α-hetero) is 1. The van der Waals surface area contributed by atoms with Crippen LogP contribution < -0.4 is 11.1 Å². The molecule has 104 valence electrons. The molecule has 0 fully saturated rings. The Balaban J connectivity index is 2.67. The van der Waals surface area contributed by atoms with Gasteiger partial charge in [0.2, 0.25) is 0 Å². The number of carbonyl (C=O) groups excluding carboxylic acids is 2. The zero-order chi connectivity index (χ0) is 14.6. The summed E-state index contributed by atoms with van der Waals surface area (Å²) >= 11 is 0. The van der Waals surface area contributed by atoms with Crippen LogP contribution in [0.1, 0.15) is 38.1 Å². The molecule has 0 saturated heterocycles. The van der Waals surface area contributed by atoms with Crippen LogP contribution in [0.4, 0.5) is 10.5 Å². The van der Waals surface area contributed by atoms with Crippen molar-refractivity contribution in [1.82, 2.24) is 0 Å². The minimum atomic E-state index is -0.547. The Labute approximate surface area is 113 Å². The maximum absolute atomic E-state index is 11.6. The van der Waals surface area contributed by atoms with Crippen LogP contribution in [0.2, 0.25) is 0 Å². The molecule has 1 rings (SSSR count). The molecule has 0 aliphatic heterocycles. The molecule has 1 amide bonds. The number of hydrogen-bond donors (Lipinski definition) is 2. The third kappa shape index (κ3) is 5.09. The van der Waals surface area contributed by atoms with E-state index in [1.165, 1.54) is 0 Å². The highest BCUT2D eigenvalue weighted by atomic mass is 16.6. The van der Waals surface area contributed by atoms with Crippen LogP contribution in [0, 0.1) is 0 Å². The van der Waals surface area contributed by atoms with Crippen LogP contribution >= 0.6 is 0 Å². The summed E-state index contributed by atoms with van der Waals surface area (Å²) in [7, 11) is 0. The summed E-state index contributed by atoms with van der Waals surface area (Å²) in [4.78, 5) is 23.2. The first-order valence-electron chi connectivity index (χ1n) is 6.09. The fourth-order valence-electron chi connectivity index (χ4n) is 1.40. The molecule has 0 spiro atoms. The van der Waals surface area contributed by atoms with Crippen LogP contribution in [-0.4, -0.2) is 23.5 Å². The fourth-order valence-corrected chi connectivity index (χ4v) is 1.40. The second-order valence-electron chi connectivity index (χ2n) is 5.36. The number of nitrogens with one attached hydrogen (secondary N) is 1. The lowest BCUT2D eigenvalue weighted by Crippen LogP contribution is -2.27. The Morgan fingerprint density at radius 1 is 1.21 bits per heavy atom. The Morgan fingerprint density at radius 3 is 2.16 bits per heavy atom. The van der Waals surface area contributed by atoms with Crippen molar-refractivity contribution >= 4 is 17.6 Å². The third-order valence-corrected chi connectivity index (χ3v) is 2.23. The molecular weight excluding hydrogens is 244 g/mol. The molecule has 0 aliphatic carbocycles. The van der Waals surface area contributed by atoms with Gasteiger partial charge in [0.1, 0.15) is 5.60 Å². The molecule has 0 aromatic heterocycles. The number of anilines is 1. The molecular formula is C14H20N2O3. The summed E-state index contributed by atoms with van der Waals surface area (Å²) in [6.45, 7) is 7.00. The maximum atomic E-state index is 11.6. The smallest absolute Gasteiger partial charge is 0.412 e. The second kappa shape index (κ2) is 5.84. The third-order valence-electron chi connectivity index (χ3n) is 2.23. The zero-order valence-electron chi connectivity index (χ0n) is 11.7. The monoisotopic (exact) mass is 264 g/mol. The first kappa shape index (κ1) is 15.2. The number of hydrogen-bond acceptors (Lipinski definition) is 4. The van der Waals surface area contributed by atoms with E-state index in [1.807, 2.05) is 0 Å². The second-order valence-corrected chi connectivity index (χ2v) is 5.36.